The first-order valence-corrected chi connectivity index (χ1v) is 9.27. The van der Waals surface area contributed by atoms with Crippen LogP contribution in [0.4, 0.5) is 10.5 Å². The molecule has 0 saturated heterocycles. The van der Waals surface area contributed by atoms with Gasteiger partial charge in [0, 0.05) is 24.7 Å². The van der Waals surface area contributed by atoms with E-state index in [0.29, 0.717) is 19.0 Å². The average Bonchev–Trinajstić information content (AvgIpc) is 2.58. The number of carbonyl (C=O) groups is 2. The van der Waals surface area contributed by atoms with Crippen LogP contribution in [0, 0.1) is 11.8 Å². The molecule has 2 aliphatic carbocycles. The lowest BCUT2D eigenvalue weighted by atomic mass is 9.85. The van der Waals surface area contributed by atoms with Crippen molar-refractivity contribution in [3.8, 4) is 0 Å². The fraction of sp³-hybridized carbons (Fsp3) is 0.500. The number of rotatable bonds is 6. The molecule has 3 amide bonds. The topological polar surface area (TPSA) is 70.2 Å². The van der Waals surface area contributed by atoms with Gasteiger partial charge < -0.3 is 16.0 Å². The lowest BCUT2D eigenvalue weighted by Crippen LogP contribution is -2.38. The number of anilines is 1. The summed E-state index contributed by atoms with van der Waals surface area (Å²) in [5, 5.41) is 8.80. The Hall–Kier alpha value is -2.30. The molecule has 0 heterocycles. The molecule has 1 aromatic carbocycles. The number of nitrogens with one attached hydrogen (secondary N) is 3. The molecule has 0 bridgehead atoms. The quantitative estimate of drug-likeness (QED) is 0.692. The Kier molecular flexibility index (Phi) is 6.09. The second kappa shape index (κ2) is 8.70. The maximum absolute atomic E-state index is 12.0. The fourth-order valence-electron chi connectivity index (χ4n) is 3.20. The summed E-state index contributed by atoms with van der Waals surface area (Å²) in [6.45, 7) is 1.16. The lowest BCUT2D eigenvalue weighted by molar-refractivity contribution is -0.122. The summed E-state index contributed by atoms with van der Waals surface area (Å²) in [6.07, 6.45) is 10.8. The zero-order valence-corrected chi connectivity index (χ0v) is 14.6. The Labute approximate surface area is 149 Å². The molecule has 134 valence electrons. The standard InChI is InChI=1S/C20H27N3O2/c24-19(17-9-5-10-17)23-18-11-4-8-16(12-18)14-22-20(25)21-13-15-6-2-1-3-7-15/h1-2,4,8,11-12,15,17H,3,5-7,9-10,13-14H2,(H,23,24)(H2,21,22,25)/t15-/m0/s1. The Morgan fingerprint density at radius 1 is 1.08 bits per heavy atom. The number of urea groups is 1. The third kappa shape index (κ3) is 5.34. The predicted octanol–water partition coefficient (Wildman–Crippen LogP) is 3.58. The average molecular weight is 341 g/mol. The van der Waals surface area contributed by atoms with E-state index in [0.717, 1.165) is 49.8 Å². The van der Waals surface area contributed by atoms with Crippen molar-refractivity contribution in [1.29, 1.82) is 0 Å². The van der Waals surface area contributed by atoms with Crippen LogP contribution in [-0.4, -0.2) is 18.5 Å². The van der Waals surface area contributed by atoms with Crippen LogP contribution in [0.1, 0.15) is 44.1 Å². The summed E-state index contributed by atoms with van der Waals surface area (Å²) < 4.78 is 0. The zero-order valence-electron chi connectivity index (χ0n) is 14.6. The molecule has 1 atom stereocenters. The molecule has 25 heavy (non-hydrogen) atoms. The van der Waals surface area contributed by atoms with Gasteiger partial charge in [-0.2, -0.15) is 0 Å². The van der Waals surface area contributed by atoms with Crippen molar-refractivity contribution in [3.05, 3.63) is 42.0 Å². The van der Waals surface area contributed by atoms with Crippen LogP contribution in [0.5, 0.6) is 0 Å². The van der Waals surface area contributed by atoms with Gasteiger partial charge in [-0.3, -0.25) is 4.79 Å². The molecule has 2 aliphatic rings. The Morgan fingerprint density at radius 3 is 2.68 bits per heavy atom. The number of hydrogen-bond donors (Lipinski definition) is 3. The van der Waals surface area contributed by atoms with Crippen molar-refractivity contribution in [1.82, 2.24) is 10.6 Å². The predicted molar refractivity (Wildman–Crippen MR) is 99.1 cm³/mol. The van der Waals surface area contributed by atoms with Gasteiger partial charge in [0.15, 0.2) is 0 Å². The van der Waals surface area contributed by atoms with Crippen LogP contribution in [0.2, 0.25) is 0 Å². The number of allylic oxidation sites excluding steroid dienone is 2. The minimum absolute atomic E-state index is 0.107. The van der Waals surface area contributed by atoms with Crippen molar-refractivity contribution in [2.24, 2.45) is 11.8 Å². The minimum atomic E-state index is -0.140. The Morgan fingerprint density at radius 2 is 1.96 bits per heavy atom. The van der Waals surface area contributed by atoms with Crippen molar-refractivity contribution < 1.29 is 9.59 Å². The number of hydrogen-bond acceptors (Lipinski definition) is 2. The minimum Gasteiger partial charge on any atom is -0.338 e. The summed E-state index contributed by atoms with van der Waals surface area (Å²) >= 11 is 0. The lowest BCUT2D eigenvalue weighted by Gasteiger charge is -2.24. The molecular formula is C20H27N3O2. The van der Waals surface area contributed by atoms with E-state index in [2.05, 4.69) is 28.1 Å². The van der Waals surface area contributed by atoms with Crippen LogP contribution in [0.25, 0.3) is 0 Å². The molecule has 5 heteroatoms. The molecule has 0 aromatic heterocycles. The van der Waals surface area contributed by atoms with Gasteiger partial charge in [0.05, 0.1) is 0 Å². The maximum atomic E-state index is 12.0. The van der Waals surface area contributed by atoms with Crippen molar-refractivity contribution in [3.63, 3.8) is 0 Å². The number of carbonyl (C=O) groups excluding carboxylic acids is 2. The molecule has 0 spiro atoms. The molecule has 0 aliphatic heterocycles. The first-order valence-electron chi connectivity index (χ1n) is 9.27. The van der Waals surface area contributed by atoms with Gasteiger partial charge >= 0.3 is 6.03 Å². The molecule has 3 rings (SSSR count). The second-order valence-corrected chi connectivity index (χ2v) is 7.03. The van der Waals surface area contributed by atoms with Crippen LogP contribution < -0.4 is 16.0 Å². The summed E-state index contributed by atoms with van der Waals surface area (Å²) in [7, 11) is 0. The molecule has 3 N–H and O–H groups in total. The SMILES string of the molecule is O=C(NCc1cccc(NC(=O)C2CCC2)c1)NC[C@H]1CC=CCC1. The highest BCUT2D eigenvalue weighted by Gasteiger charge is 2.25. The maximum Gasteiger partial charge on any atom is 0.315 e. The normalized spacial score (nSPS) is 19.8. The highest BCUT2D eigenvalue weighted by Crippen LogP contribution is 2.27. The second-order valence-electron chi connectivity index (χ2n) is 7.03. The van der Waals surface area contributed by atoms with Gasteiger partial charge in [0.1, 0.15) is 0 Å². The van der Waals surface area contributed by atoms with Crippen LogP contribution >= 0.6 is 0 Å². The van der Waals surface area contributed by atoms with Crippen LogP contribution in [0.3, 0.4) is 0 Å². The van der Waals surface area contributed by atoms with E-state index in [9.17, 15) is 9.59 Å². The van der Waals surface area contributed by atoms with E-state index < -0.39 is 0 Å². The van der Waals surface area contributed by atoms with E-state index in [1.165, 1.54) is 0 Å². The highest BCUT2D eigenvalue weighted by molar-refractivity contribution is 5.93. The Bertz CT molecular complexity index is 638. The molecular weight excluding hydrogens is 314 g/mol. The van der Waals surface area contributed by atoms with Gasteiger partial charge in [-0.15, -0.1) is 0 Å². The van der Waals surface area contributed by atoms with Gasteiger partial charge in [-0.05, 0) is 55.7 Å². The highest BCUT2D eigenvalue weighted by atomic mass is 16.2. The van der Waals surface area contributed by atoms with Gasteiger partial charge in [-0.25, -0.2) is 4.79 Å². The van der Waals surface area contributed by atoms with Gasteiger partial charge in [0.2, 0.25) is 5.91 Å². The number of benzene rings is 1. The van der Waals surface area contributed by atoms with Crippen molar-refractivity contribution >= 4 is 17.6 Å². The largest absolute Gasteiger partial charge is 0.338 e. The van der Waals surface area contributed by atoms with E-state index in [4.69, 9.17) is 0 Å². The summed E-state index contributed by atoms with van der Waals surface area (Å²) in [6, 6.07) is 7.52. The third-order valence-electron chi connectivity index (χ3n) is 5.05. The molecule has 0 unspecified atom stereocenters. The summed E-state index contributed by atoms with van der Waals surface area (Å²) in [5.74, 6) is 0.818. The molecule has 1 aromatic rings. The van der Waals surface area contributed by atoms with E-state index in [-0.39, 0.29) is 17.9 Å². The zero-order chi connectivity index (χ0) is 17.5. The molecule has 1 fully saturated rings. The first-order chi connectivity index (χ1) is 12.2. The molecule has 1 saturated carbocycles. The van der Waals surface area contributed by atoms with Crippen LogP contribution in [0.15, 0.2) is 36.4 Å². The van der Waals surface area contributed by atoms with Crippen molar-refractivity contribution in [2.75, 3.05) is 11.9 Å². The number of amides is 3. The fourth-order valence-corrected chi connectivity index (χ4v) is 3.20. The van der Waals surface area contributed by atoms with E-state index >= 15 is 0 Å². The van der Waals surface area contributed by atoms with Crippen molar-refractivity contribution in [2.45, 2.75) is 45.1 Å². The van der Waals surface area contributed by atoms with Crippen LogP contribution in [-0.2, 0) is 11.3 Å². The van der Waals surface area contributed by atoms with Gasteiger partial charge in [-0.1, -0.05) is 30.7 Å². The first kappa shape index (κ1) is 17.5. The van der Waals surface area contributed by atoms with E-state index in [1.54, 1.807) is 0 Å². The summed E-state index contributed by atoms with van der Waals surface area (Å²) in [5.41, 5.74) is 1.77. The third-order valence-corrected chi connectivity index (χ3v) is 5.05. The molecule has 5 nitrogen and oxygen atoms in total. The monoisotopic (exact) mass is 341 g/mol. The molecule has 0 radical (unpaired) electrons. The van der Waals surface area contributed by atoms with Gasteiger partial charge in [0.25, 0.3) is 0 Å². The smallest absolute Gasteiger partial charge is 0.315 e. The summed E-state index contributed by atoms with van der Waals surface area (Å²) in [4.78, 5) is 24.0. The van der Waals surface area contributed by atoms with E-state index in [1.807, 2.05) is 24.3 Å². The Balaban J connectivity index is 1.41.